The van der Waals surface area contributed by atoms with Crippen LogP contribution in [0.25, 0.3) is 16.5 Å². The van der Waals surface area contributed by atoms with Gasteiger partial charge in [0.1, 0.15) is 0 Å². The van der Waals surface area contributed by atoms with Gasteiger partial charge in [-0.25, -0.2) is 0 Å². The molecule has 0 saturated carbocycles. The van der Waals surface area contributed by atoms with E-state index in [4.69, 9.17) is 0 Å². The van der Waals surface area contributed by atoms with Crippen LogP contribution in [0.1, 0.15) is 23.3 Å². The number of thioether (sulfide) groups is 1. The van der Waals surface area contributed by atoms with E-state index in [0.29, 0.717) is 6.04 Å². The molecule has 0 fully saturated rings. The number of para-hydroxylation sites is 1. The molecular weight excluding hydrogens is 332 g/mol. The fourth-order valence-corrected chi connectivity index (χ4v) is 5.13. The zero-order valence-electron chi connectivity index (χ0n) is 13.6. The third-order valence-corrected chi connectivity index (χ3v) is 6.59. The van der Waals surface area contributed by atoms with E-state index in [2.05, 4.69) is 64.4 Å². The van der Waals surface area contributed by atoms with E-state index >= 15 is 0 Å². The average molecular weight is 355 g/mol. The monoisotopic (exact) mass is 354 g/mol. The summed E-state index contributed by atoms with van der Waals surface area (Å²) in [5.74, 6) is 2.29. The Morgan fingerprint density at radius 1 is 1.17 bits per heavy atom. The third-order valence-electron chi connectivity index (χ3n) is 4.60. The van der Waals surface area contributed by atoms with Crippen LogP contribution in [0, 0.1) is 0 Å². The molecule has 1 aliphatic heterocycles. The second-order valence-electron chi connectivity index (χ2n) is 6.22. The van der Waals surface area contributed by atoms with Gasteiger partial charge in [0.25, 0.3) is 0 Å². The highest BCUT2D eigenvalue weighted by atomic mass is 32.2. The molecule has 1 aromatic carbocycles. The van der Waals surface area contributed by atoms with E-state index in [-0.39, 0.29) is 0 Å². The molecule has 3 aromatic rings. The van der Waals surface area contributed by atoms with E-state index < -0.39 is 0 Å². The standard InChI is InChI=1S/C20H22N2S2/c1-2-5-19-18(4-1)16(13-22-19)14-23-11-8-17-12-15(7-9-21-17)20-6-3-10-24-20/h1-7,10,13,17,21-22H,8-9,11-12,14H2. The van der Waals surface area contributed by atoms with Crippen molar-refractivity contribution in [2.24, 2.45) is 0 Å². The van der Waals surface area contributed by atoms with Crippen LogP contribution in [0.3, 0.4) is 0 Å². The summed E-state index contributed by atoms with van der Waals surface area (Å²) in [7, 11) is 0. The number of H-pyrrole nitrogens is 1. The number of benzene rings is 1. The van der Waals surface area contributed by atoms with Crippen molar-refractivity contribution in [1.82, 2.24) is 10.3 Å². The van der Waals surface area contributed by atoms with Gasteiger partial charge in [0.15, 0.2) is 0 Å². The molecule has 2 aromatic heterocycles. The molecule has 4 rings (SSSR count). The molecule has 0 radical (unpaired) electrons. The molecule has 2 nitrogen and oxygen atoms in total. The zero-order chi connectivity index (χ0) is 16.2. The minimum Gasteiger partial charge on any atom is -0.361 e. The molecule has 1 aliphatic rings. The Morgan fingerprint density at radius 3 is 3.04 bits per heavy atom. The first kappa shape index (κ1) is 16.0. The lowest BCUT2D eigenvalue weighted by atomic mass is 9.99. The molecule has 0 spiro atoms. The molecule has 0 amide bonds. The number of nitrogens with one attached hydrogen (secondary N) is 2. The van der Waals surface area contributed by atoms with Gasteiger partial charge in [0, 0.05) is 40.3 Å². The summed E-state index contributed by atoms with van der Waals surface area (Å²) in [6, 6.07) is 13.6. The highest BCUT2D eigenvalue weighted by Gasteiger charge is 2.16. The Bertz CT molecular complexity index is 817. The van der Waals surface area contributed by atoms with Crippen molar-refractivity contribution in [3.8, 4) is 0 Å². The van der Waals surface area contributed by atoms with Crippen molar-refractivity contribution >= 4 is 39.6 Å². The van der Waals surface area contributed by atoms with Crippen LogP contribution in [0.2, 0.25) is 0 Å². The normalized spacial score (nSPS) is 18.0. The molecule has 0 aliphatic carbocycles. The first-order chi connectivity index (χ1) is 11.9. The minimum absolute atomic E-state index is 0.613. The number of hydrogen-bond donors (Lipinski definition) is 2. The van der Waals surface area contributed by atoms with Crippen molar-refractivity contribution in [2.45, 2.75) is 24.6 Å². The number of aromatic nitrogens is 1. The van der Waals surface area contributed by atoms with E-state index in [1.165, 1.54) is 39.1 Å². The smallest absolute Gasteiger partial charge is 0.0457 e. The summed E-state index contributed by atoms with van der Waals surface area (Å²) in [6.45, 7) is 1.00. The maximum Gasteiger partial charge on any atom is 0.0457 e. The summed E-state index contributed by atoms with van der Waals surface area (Å²) in [4.78, 5) is 4.81. The molecule has 0 saturated heterocycles. The molecule has 4 heteroatoms. The number of fused-ring (bicyclic) bond motifs is 1. The molecule has 124 valence electrons. The number of hydrogen-bond acceptors (Lipinski definition) is 3. The average Bonchev–Trinajstić information content (AvgIpc) is 3.29. The van der Waals surface area contributed by atoms with Gasteiger partial charge in [-0.2, -0.15) is 11.8 Å². The van der Waals surface area contributed by atoms with Crippen LogP contribution in [-0.4, -0.2) is 23.3 Å². The fourth-order valence-electron chi connectivity index (χ4n) is 3.30. The van der Waals surface area contributed by atoms with Gasteiger partial charge in [-0.05, 0) is 47.2 Å². The Labute approximate surface area is 151 Å². The predicted molar refractivity (Wildman–Crippen MR) is 108 cm³/mol. The lowest BCUT2D eigenvalue weighted by Crippen LogP contribution is -2.33. The molecule has 1 atom stereocenters. The molecule has 0 bridgehead atoms. The summed E-state index contributed by atoms with van der Waals surface area (Å²) in [5, 5.41) is 7.18. The SMILES string of the molecule is C1=C(c2cccs2)CC(CCSCc2c[nH]c3ccccc23)NC1. The second kappa shape index (κ2) is 7.60. The quantitative estimate of drug-likeness (QED) is 0.588. The zero-order valence-corrected chi connectivity index (χ0v) is 15.3. The van der Waals surface area contributed by atoms with Crippen molar-refractivity contribution < 1.29 is 0 Å². The van der Waals surface area contributed by atoms with Gasteiger partial charge in [-0.15, -0.1) is 11.3 Å². The van der Waals surface area contributed by atoms with Crippen LogP contribution in [0.15, 0.2) is 54.1 Å². The number of rotatable bonds is 6. The molecule has 24 heavy (non-hydrogen) atoms. The topological polar surface area (TPSA) is 27.8 Å². The van der Waals surface area contributed by atoms with Crippen molar-refractivity contribution in [2.75, 3.05) is 12.3 Å². The van der Waals surface area contributed by atoms with Crippen LogP contribution in [0.5, 0.6) is 0 Å². The highest BCUT2D eigenvalue weighted by Crippen LogP contribution is 2.28. The third kappa shape index (κ3) is 3.61. The van der Waals surface area contributed by atoms with Crippen LogP contribution >= 0.6 is 23.1 Å². The van der Waals surface area contributed by atoms with E-state index in [0.717, 1.165) is 18.7 Å². The van der Waals surface area contributed by atoms with Crippen molar-refractivity contribution in [3.63, 3.8) is 0 Å². The number of thiophene rings is 1. The maximum atomic E-state index is 3.64. The first-order valence-corrected chi connectivity index (χ1v) is 10.5. The van der Waals surface area contributed by atoms with Gasteiger partial charge in [0.2, 0.25) is 0 Å². The predicted octanol–water partition coefficient (Wildman–Crippen LogP) is 5.30. The molecule has 3 heterocycles. The summed E-state index contributed by atoms with van der Waals surface area (Å²) >= 11 is 3.90. The van der Waals surface area contributed by atoms with Gasteiger partial charge < -0.3 is 10.3 Å². The molecular formula is C20H22N2S2. The molecule has 2 N–H and O–H groups in total. The Morgan fingerprint density at radius 2 is 2.12 bits per heavy atom. The van der Waals surface area contributed by atoms with E-state index in [1.807, 2.05) is 23.1 Å². The largest absolute Gasteiger partial charge is 0.361 e. The van der Waals surface area contributed by atoms with Gasteiger partial charge in [-0.3, -0.25) is 0 Å². The van der Waals surface area contributed by atoms with E-state index in [1.54, 1.807) is 0 Å². The van der Waals surface area contributed by atoms with Crippen LogP contribution < -0.4 is 5.32 Å². The van der Waals surface area contributed by atoms with Gasteiger partial charge >= 0.3 is 0 Å². The summed E-state index contributed by atoms with van der Waals surface area (Å²) in [6.07, 6.45) is 6.90. The van der Waals surface area contributed by atoms with Crippen LogP contribution in [-0.2, 0) is 5.75 Å². The van der Waals surface area contributed by atoms with E-state index in [9.17, 15) is 0 Å². The Kier molecular flexibility index (Phi) is 5.07. The highest BCUT2D eigenvalue weighted by molar-refractivity contribution is 7.98. The minimum atomic E-state index is 0.613. The number of aromatic amines is 1. The lowest BCUT2D eigenvalue weighted by molar-refractivity contribution is 0.525. The second-order valence-corrected chi connectivity index (χ2v) is 8.27. The Balaban J connectivity index is 1.27. The fraction of sp³-hybridized carbons (Fsp3) is 0.300. The first-order valence-electron chi connectivity index (χ1n) is 8.49. The Hall–Kier alpha value is -1.49. The summed E-state index contributed by atoms with van der Waals surface area (Å²) in [5.41, 5.74) is 4.19. The lowest BCUT2D eigenvalue weighted by Gasteiger charge is -2.23. The van der Waals surface area contributed by atoms with Crippen molar-refractivity contribution in [3.05, 3.63) is 64.5 Å². The van der Waals surface area contributed by atoms with Gasteiger partial charge in [-0.1, -0.05) is 30.3 Å². The van der Waals surface area contributed by atoms with Crippen molar-refractivity contribution in [1.29, 1.82) is 0 Å². The molecule has 1 unspecified atom stereocenters. The summed E-state index contributed by atoms with van der Waals surface area (Å²) < 4.78 is 0. The van der Waals surface area contributed by atoms with Gasteiger partial charge in [0.05, 0.1) is 0 Å². The maximum absolute atomic E-state index is 3.64. The van der Waals surface area contributed by atoms with Crippen LogP contribution in [0.4, 0.5) is 0 Å².